The molecule has 1 aromatic rings. The van der Waals surface area contributed by atoms with Crippen LogP contribution in [0.2, 0.25) is 5.02 Å². The van der Waals surface area contributed by atoms with Crippen molar-refractivity contribution in [2.75, 3.05) is 5.73 Å². The highest BCUT2D eigenvalue weighted by atomic mass is 35.5. The highest BCUT2D eigenvalue weighted by Gasteiger charge is 2.60. The van der Waals surface area contributed by atoms with Crippen molar-refractivity contribution in [1.82, 2.24) is 0 Å². The molecule has 1 amide bonds. The SMILES string of the molecule is NC(=O)C1=C(O)C2(O)C(=O)C3=C(O)c4c(cc(Cl)c(N)c4O)CC3CC2CC1=O. The number of phenolic OH excluding ortho intramolecular Hbond substituents is 1. The summed E-state index contributed by atoms with van der Waals surface area (Å²) in [5.41, 5.74) is 7.38. The number of aliphatic hydroxyl groups excluding tert-OH is 2. The van der Waals surface area contributed by atoms with E-state index < -0.39 is 57.8 Å². The number of aliphatic hydroxyl groups is 3. The van der Waals surface area contributed by atoms with E-state index >= 15 is 0 Å². The number of hydrogen-bond acceptors (Lipinski definition) is 8. The van der Waals surface area contributed by atoms with Crippen LogP contribution in [0.25, 0.3) is 5.76 Å². The lowest BCUT2D eigenvalue weighted by atomic mass is 9.59. The molecule has 152 valence electrons. The number of primary amides is 1. The number of Topliss-reactive ketones (excluding diaryl/α,β-unsaturated/α-hetero) is 2. The molecule has 0 saturated heterocycles. The van der Waals surface area contributed by atoms with Gasteiger partial charge in [0.15, 0.2) is 17.1 Å². The van der Waals surface area contributed by atoms with Crippen molar-refractivity contribution >= 4 is 40.5 Å². The standard InChI is InChI=1S/C19H17ClN2O7/c20-8-3-6-1-5-2-7-4-9(23)12(18(22)28)17(27)19(7,29)16(26)11(5)14(24)10(6)15(25)13(8)21/h3,5,7,24-25,27,29H,1-2,4,21H2,(H2,22,28). The van der Waals surface area contributed by atoms with E-state index in [1.165, 1.54) is 6.07 Å². The number of benzene rings is 1. The summed E-state index contributed by atoms with van der Waals surface area (Å²) in [6, 6.07) is 1.47. The second kappa shape index (κ2) is 5.98. The van der Waals surface area contributed by atoms with Crippen molar-refractivity contribution in [1.29, 1.82) is 0 Å². The first-order valence-electron chi connectivity index (χ1n) is 8.77. The predicted molar refractivity (Wildman–Crippen MR) is 101 cm³/mol. The van der Waals surface area contributed by atoms with E-state index in [1.54, 1.807) is 0 Å². The van der Waals surface area contributed by atoms with Gasteiger partial charge in [0.2, 0.25) is 5.78 Å². The molecule has 9 nitrogen and oxygen atoms in total. The number of phenols is 1. The number of carbonyl (C=O) groups is 3. The van der Waals surface area contributed by atoms with E-state index in [2.05, 4.69) is 0 Å². The van der Waals surface area contributed by atoms with Crippen LogP contribution in [0, 0.1) is 11.8 Å². The van der Waals surface area contributed by atoms with Crippen LogP contribution in [0.15, 0.2) is 23.0 Å². The summed E-state index contributed by atoms with van der Waals surface area (Å²) < 4.78 is 0. The normalized spacial score (nSPS) is 28.8. The van der Waals surface area contributed by atoms with E-state index in [4.69, 9.17) is 23.1 Å². The number of amides is 1. The highest BCUT2D eigenvalue weighted by molar-refractivity contribution is 6.33. The molecule has 0 aromatic heterocycles. The zero-order valence-corrected chi connectivity index (χ0v) is 15.7. The number of hydrogen-bond donors (Lipinski definition) is 6. The van der Waals surface area contributed by atoms with Gasteiger partial charge in [-0.15, -0.1) is 0 Å². The zero-order valence-electron chi connectivity index (χ0n) is 14.9. The van der Waals surface area contributed by atoms with E-state index in [0.29, 0.717) is 5.56 Å². The molecule has 3 atom stereocenters. The molecule has 3 aliphatic carbocycles. The summed E-state index contributed by atoms with van der Waals surface area (Å²) in [5.74, 6) is -6.91. The van der Waals surface area contributed by atoms with Gasteiger partial charge >= 0.3 is 0 Å². The Labute approximate surface area is 168 Å². The van der Waals surface area contributed by atoms with Gasteiger partial charge < -0.3 is 31.9 Å². The van der Waals surface area contributed by atoms with Crippen LogP contribution in [0.5, 0.6) is 5.75 Å². The maximum Gasteiger partial charge on any atom is 0.255 e. The van der Waals surface area contributed by atoms with Crippen LogP contribution >= 0.6 is 11.6 Å². The van der Waals surface area contributed by atoms with Gasteiger partial charge in [0, 0.05) is 17.9 Å². The minimum atomic E-state index is -2.58. The maximum atomic E-state index is 13.2. The average molecular weight is 421 g/mol. The van der Waals surface area contributed by atoms with Gasteiger partial charge in [-0.05, 0) is 30.4 Å². The third-order valence-electron chi connectivity index (χ3n) is 6.04. The topological polar surface area (TPSA) is 184 Å². The lowest BCUT2D eigenvalue weighted by molar-refractivity contribution is -0.147. The van der Waals surface area contributed by atoms with Crippen molar-refractivity contribution in [2.24, 2.45) is 17.6 Å². The van der Waals surface area contributed by atoms with E-state index in [1.807, 2.05) is 0 Å². The van der Waals surface area contributed by atoms with Crippen LogP contribution in [0.4, 0.5) is 5.69 Å². The first kappa shape index (κ1) is 19.3. The van der Waals surface area contributed by atoms with Crippen molar-refractivity contribution in [2.45, 2.75) is 24.9 Å². The quantitative estimate of drug-likeness (QED) is 0.217. The largest absolute Gasteiger partial charge is 0.508 e. The minimum Gasteiger partial charge on any atom is -0.508 e. The van der Waals surface area contributed by atoms with Crippen LogP contribution < -0.4 is 11.5 Å². The molecular formula is C19H17ClN2O7. The number of halogens is 1. The first-order chi connectivity index (χ1) is 13.5. The summed E-state index contributed by atoms with van der Waals surface area (Å²) in [5, 5.41) is 42.7. The molecule has 4 rings (SSSR count). The molecule has 0 aliphatic heterocycles. The second-order valence-electron chi connectivity index (χ2n) is 7.56. The monoisotopic (exact) mass is 420 g/mol. The molecule has 0 spiro atoms. The van der Waals surface area contributed by atoms with E-state index in [0.717, 1.165) is 0 Å². The molecular weight excluding hydrogens is 404 g/mol. The number of nitrogen functional groups attached to an aromatic ring is 1. The Morgan fingerprint density at radius 3 is 2.48 bits per heavy atom. The fourth-order valence-corrected chi connectivity index (χ4v) is 4.88. The Kier molecular flexibility index (Phi) is 3.97. The van der Waals surface area contributed by atoms with E-state index in [-0.39, 0.29) is 41.1 Å². The van der Waals surface area contributed by atoms with Gasteiger partial charge in [0.1, 0.15) is 17.1 Å². The molecule has 3 aliphatic rings. The van der Waals surface area contributed by atoms with Crippen LogP contribution in [0.1, 0.15) is 24.0 Å². The van der Waals surface area contributed by atoms with Gasteiger partial charge in [0.25, 0.3) is 5.91 Å². The molecule has 0 heterocycles. The van der Waals surface area contributed by atoms with Gasteiger partial charge in [0.05, 0.1) is 16.3 Å². The van der Waals surface area contributed by atoms with Crippen molar-refractivity contribution < 1.29 is 34.8 Å². The molecule has 1 saturated carbocycles. The van der Waals surface area contributed by atoms with E-state index in [9.17, 15) is 34.8 Å². The number of fused-ring (bicyclic) bond motifs is 3. The molecule has 29 heavy (non-hydrogen) atoms. The molecule has 1 aromatic carbocycles. The lowest BCUT2D eigenvalue weighted by Gasteiger charge is -2.46. The minimum absolute atomic E-state index is 0.0612. The molecule has 10 heteroatoms. The van der Waals surface area contributed by atoms with Crippen molar-refractivity contribution in [3.05, 3.63) is 39.1 Å². The maximum absolute atomic E-state index is 13.2. The smallest absolute Gasteiger partial charge is 0.255 e. The Hall–Kier alpha value is -3.04. The van der Waals surface area contributed by atoms with Crippen LogP contribution in [0.3, 0.4) is 0 Å². The number of rotatable bonds is 1. The Morgan fingerprint density at radius 2 is 1.86 bits per heavy atom. The van der Waals surface area contributed by atoms with Gasteiger partial charge in [-0.1, -0.05) is 11.6 Å². The fraction of sp³-hybridized carbons (Fsp3) is 0.316. The van der Waals surface area contributed by atoms with Crippen LogP contribution in [-0.4, -0.2) is 43.5 Å². The number of ketones is 2. The molecule has 0 radical (unpaired) electrons. The number of carbonyl (C=O) groups excluding carboxylic acids is 3. The van der Waals surface area contributed by atoms with Crippen molar-refractivity contribution in [3.63, 3.8) is 0 Å². The van der Waals surface area contributed by atoms with Crippen molar-refractivity contribution in [3.8, 4) is 5.75 Å². The Morgan fingerprint density at radius 1 is 1.21 bits per heavy atom. The Balaban J connectivity index is 1.95. The second-order valence-corrected chi connectivity index (χ2v) is 7.97. The molecule has 0 bridgehead atoms. The predicted octanol–water partition coefficient (Wildman–Crippen LogP) is 0.659. The summed E-state index contributed by atoms with van der Waals surface area (Å²) >= 11 is 6.00. The molecule has 8 N–H and O–H groups in total. The average Bonchev–Trinajstić information content (AvgIpc) is 2.62. The van der Waals surface area contributed by atoms with Crippen LogP contribution in [-0.2, 0) is 20.8 Å². The van der Waals surface area contributed by atoms with Gasteiger partial charge in [-0.25, -0.2) is 0 Å². The third kappa shape index (κ3) is 2.34. The fourth-order valence-electron chi connectivity index (χ4n) is 4.66. The lowest BCUT2D eigenvalue weighted by Crippen LogP contribution is -2.58. The molecule has 3 unspecified atom stereocenters. The Bertz CT molecular complexity index is 1090. The van der Waals surface area contributed by atoms with Gasteiger partial charge in [-0.3, -0.25) is 14.4 Å². The number of nitrogens with two attached hydrogens (primary N) is 2. The van der Waals surface area contributed by atoms with Gasteiger partial charge in [-0.2, -0.15) is 0 Å². The first-order valence-corrected chi connectivity index (χ1v) is 9.15. The highest BCUT2D eigenvalue weighted by Crippen LogP contribution is 2.53. The molecule has 1 fully saturated rings. The third-order valence-corrected chi connectivity index (χ3v) is 6.36. The zero-order chi connectivity index (χ0) is 21.4. The summed E-state index contributed by atoms with van der Waals surface area (Å²) in [6.07, 6.45) is -0.122. The summed E-state index contributed by atoms with van der Waals surface area (Å²) in [4.78, 5) is 37.0. The number of aromatic hydroxyl groups is 1. The summed E-state index contributed by atoms with van der Waals surface area (Å²) in [7, 11) is 0. The summed E-state index contributed by atoms with van der Waals surface area (Å²) in [6.45, 7) is 0. The number of anilines is 1.